The first-order valence-corrected chi connectivity index (χ1v) is 7.52. The van der Waals surface area contributed by atoms with Crippen molar-refractivity contribution in [2.75, 3.05) is 40.3 Å². The minimum atomic E-state index is -0.504. The zero-order valence-electron chi connectivity index (χ0n) is 13.5. The Morgan fingerprint density at radius 3 is 2.43 bits per heavy atom. The molecule has 1 aromatic rings. The van der Waals surface area contributed by atoms with Gasteiger partial charge in [-0.2, -0.15) is 0 Å². The third-order valence-corrected chi connectivity index (χ3v) is 3.62. The van der Waals surface area contributed by atoms with Crippen LogP contribution < -0.4 is 5.32 Å². The highest BCUT2D eigenvalue weighted by Gasteiger charge is 2.31. The number of urea groups is 1. The maximum Gasteiger partial charge on any atom is 0.325 e. The van der Waals surface area contributed by atoms with Crippen molar-refractivity contribution in [3.05, 3.63) is 35.9 Å². The van der Waals surface area contributed by atoms with E-state index < -0.39 is 6.03 Å². The van der Waals surface area contributed by atoms with Crippen LogP contribution in [0.25, 0.3) is 0 Å². The van der Waals surface area contributed by atoms with Crippen molar-refractivity contribution < 1.29 is 14.4 Å². The van der Waals surface area contributed by atoms with Crippen LogP contribution in [0.15, 0.2) is 30.3 Å². The van der Waals surface area contributed by atoms with Crippen LogP contribution in [0.1, 0.15) is 5.56 Å². The summed E-state index contributed by atoms with van der Waals surface area (Å²) in [5.41, 5.74) is 1.01. The molecule has 0 radical (unpaired) electrons. The lowest BCUT2D eigenvalue weighted by molar-refractivity contribution is -0.137. The van der Waals surface area contributed by atoms with Crippen LogP contribution >= 0.6 is 0 Å². The number of nitrogens with one attached hydrogen (secondary N) is 1. The van der Waals surface area contributed by atoms with Gasteiger partial charge in [-0.15, -0.1) is 0 Å². The predicted molar refractivity (Wildman–Crippen MR) is 85.5 cm³/mol. The second-order valence-corrected chi connectivity index (χ2v) is 5.74. The summed E-state index contributed by atoms with van der Waals surface area (Å²) in [6, 6.07) is 9.15. The molecule has 1 aliphatic heterocycles. The summed E-state index contributed by atoms with van der Waals surface area (Å²) < 4.78 is 0. The molecule has 0 saturated carbocycles. The van der Waals surface area contributed by atoms with E-state index in [-0.39, 0.29) is 24.9 Å². The molecule has 7 nitrogen and oxygen atoms in total. The third kappa shape index (κ3) is 4.79. The normalized spacial score (nSPS) is 14.3. The van der Waals surface area contributed by atoms with Crippen molar-refractivity contribution in [2.24, 2.45) is 0 Å². The summed E-state index contributed by atoms with van der Waals surface area (Å²) in [6.07, 6.45) is 0. The first kappa shape index (κ1) is 17.0. The minimum Gasteiger partial charge on any atom is -0.336 e. The van der Waals surface area contributed by atoms with Crippen molar-refractivity contribution in [3.63, 3.8) is 0 Å². The summed E-state index contributed by atoms with van der Waals surface area (Å²) in [5.74, 6) is -0.600. The van der Waals surface area contributed by atoms with E-state index in [1.54, 1.807) is 4.90 Å². The lowest BCUT2D eigenvalue weighted by Gasteiger charge is -2.26. The first-order chi connectivity index (χ1) is 11.0. The van der Waals surface area contributed by atoms with Crippen LogP contribution in [0.5, 0.6) is 0 Å². The van der Waals surface area contributed by atoms with Gasteiger partial charge in [0.2, 0.25) is 5.91 Å². The fourth-order valence-electron chi connectivity index (χ4n) is 2.27. The zero-order chi connectivity index (χ0) is 16.8. The third-order valence-electron chi connectivity index (χ3n) is 3.62. The Kier molecular flexibility index (Phi) is 5.70. The van der Waals surface area contributed by atoms with Crippen molar-refractivity contribution >= 4 is 17.8 Å². The summed E-state index contributed by atoms with van der Waals surface area (Å²) in [7, 11) is 3.87. The van der Waals surface area contributed by atoms with Crippen molar-refractivity contribution in [1.82, 2.24) is 20.0 Å². The number of carbonyl (C=O) groups excluding carboxylic acids is 3. The molecule has 0 aliphatic carbocycles. The van der Waals surface area contributed by atoms with Crippen LogP contribution in [0.3, 0.4) is 0 Å². The predicted octanol–water partition coefficient (Wildman–Crippen LogP) is 0.129. The molecule has 0 unspecified atom stereocenters. The van der Waals surface area contributed by atoms with Crippen molar-refractivity contribution in [3.8, 4) is 0 Å². The number of rotatable bonds is 7. The first-order valence-electron chi connectivity index (χ1n) is 7.52. The summed E-state index contributed by atoms with van der Waals surface area (Å²) in [4.78, 5) is 40.4. The van der Waals surface area contributed by atoms with E-state index in [1.807, 2.05) is 49.3 Å². The lowest BCUT2D eigenvalue weighted by Crippen LogP contribution is -2.44. The molecule has 0 bridgehead atoms. The molecule has 0 aromatic heterocycles. The lowest BCUT2D eigenvalue weighted by atomic mass is 10.2. The molecular weight excluding hydrogens is 296 g/mol. The van der Waals surface area contributed by atoms with Crippen LogP contribution in [-0.4, -0.2) is 72.8 Å². The number of imide groups is 1. The molecule has 1 fully saturated rings. The SMILES string of the molecule is CN(C)CCN(Cc1ccccc1)C(=O)CN1C(=O)CNC1=O. The molecule has 2 rings (SSSR count). The monoisotopic (exact) mass is 318 g/mol. The van der Waals surface area contributed by atoms with Gasteiger partial charge in [-0.25, -0.2) is 4.79 Å². The molecular formula is C16H22N4O3. The van der Waals surface area contributed by atoms with Gasteiger partial charge < -0.3 is 15.1 Å². The van der Waals surface area contributed by atoms with Crippen LogP contribution in [0, 0.1) is 0 Å². The molecule has 1 heterocycles. The maximum absolute atomic E-state index is 12.5. The van der Waals surface area contributed by atoms with Gasteiger partial charge in [0.1, 0.15) is 6.54 Å². The molecule has 4 amide bonds. The highest BCUT2D eigenvalue weighted by Crippen LogP contribution is 2.07. The highest BCUT2D eigenvalue weighted by molar-refractivity contribution is 6.04. The Balaban J connectivity index is 2.04. The van der Waals surface area contributed by atoms with Gasteiger partial charge in [0.25, 0.3) is 5.91 Å². The van der Waals surface area contributed by atoms with Gasteiger partial charge >= 0.3 is 6.03 Å². The van der Waals surface area contributed by atoms with E-state index in [0.29, 0.717) is 19.6 Å². The molecule has 7 heteroatoms. The number of hydrogen-bond acceptors (Lipinski definition) is 4. The zero-order valence-corrected chi connectivity index (χ0v) is 13.5. The number of likely N-dealkylation sites (N-methyl/N-ethyl adjacent to an activating group) is 1. The highest BCUT2D eigenvalue weighted by atomic mass is 16.2. The minimum absolute atomic E-state index is 0.0392. The fourth-order valence-corrected chi connectivity index (χ4v) is 2.27. The molecule has 0 atom stereocenters. The van der Waals surface area contributed by atoms with Gasteiger partial charge in [0.05, 0.1) is 6.54 Å². The van der Waals surface area contributed by atoms with Gasteiger partial charge in [0.15, 0.2) is 0 Å². The average Bonchev–Trinajstić information content (AvgIpc) is 2.84. The Bertz CT molecular complexity index is 558. The topological polar surface area (TPSA) is 73.0 Å². The van der Waals surface area contributed by atoms with Gasteiger partial charge in [0, 0.05) is 19.6 Å². The molecule has 0 spiro atoms. The van der Waals surface area contributed by atoms with E-state index in [1.165, 1.54) is 0 Å². The molecule has 1 aliphatic rings. The number of benzene rings is 1. The maximum atomic E-state index is 12.5. The molecule has 124 valence electrons. The number of amides is 4. The second kappa shape index (κ2) is 7.73. The molecule has 1 N–H and O–H groups in total. The summed E-state index contributed by atoms with van der Waals surface area (Å²) >= 11 is 0. The van der Waals surface area contributed by atoms with E-state index in [9.17, 15) is 14.4 Å². The van der Waals surface area contributed by atoms with Gasteiger partial charge in [-0.3, -0.25) is 14.5 Å². The summed E-state index contributed by atoms with van der Waals surface area (Å²) in [6.45, 7) is 1.44. The number of carbonyl (C=O) groups is 3. The van der Waals surface area contributed by atoms with E-state index >= 15 is 0 Å². The Labute approximate surface area is 135 Å². The largest absolute Gasteiger partial charge is 0.336 e. The average molecular weight is 318 g/mol. The van der Waals surface area contributed by atoms with Crippen LogP contribution in [-0.2, 0) is 16.1 Å². The molecule has 1 aromatic carbocycles. The fraction of sp³-hybridized carbons (Fsp3) is 0.438. The van der Waals surface area contributed by atoms with Crippen LogP contribution in [0.4, 0.5) is 4.79 Å². The van der Waals surface area contributed by atoms with Crippen molar-refractivity contribution in [2.45, 2.75) is 6.54 Å². The van der Waals surface area contributed by atoms with E-state index in [4.69, 9.17) is 0 Å². The van der Waals surface area contributed by atoms with Crippen molar-refractivity contribution in [1.29, 1.82) is 0 Å². The Morgan fingerprint density at radius 2 is 1.87 bits per heavy atom. The number of hydrogen-bond donors (Lipinski definition) is 1. The number of nitrogens with zero attached hydrogens (tertiary/aromatic N) is 3. The second-order valence-electron chi connectivity index (χ2n) is 5.74. The van der Waals surface area contributed by atoms with Gasteiger partial charge in [-0.1, -0.05) is 30.3 Å². The Morgan fingerprint density at radius 1 is 1.17 bits per heavy atom. The van der Waals surface area contributed by atoms with E-state index in [0.717, 1.165) is 10.5 Å². The molecule has 1 saturated heterocycles. The van der Waals surface area contributed by atoms with Crippen LogP contribution in [0.2, 0.25) is 0 Å². The summed E-state index contributed by atoms with van der Waals surface area (Å²) in [5, 5.41) is 2.42. The quantitative estimate of drug-likeness (QED) is 0.725. The molecule has 23 heavy (non-hydrogen) atoms. The van der Waals surface area contributed by atoms with Gasteiger partial charge in [-0.05, 0) is 19.7 Å². The van der Waals surface area contributed by atoms with E-state index in [2.05, 4.69) is 5.32 Å². The standard InChI is InChI=1S/C16H22N4O3/c1-18(2)8-9-19(11-13-6-4-3-5-7-13)15(22)12-20-14(21)10-17-16(20)23/h3-7H,8-12H2,1-2H3,(H,17,23). The smallest absolute Gasteiger partial charge is 0.325 e. The Hall–Kier alpha value is -2.41.